The first-order valence-corrected chi connectivity index (χ1v) is 4.11. The summed E-state index contributed by atoms with van der Waals surface area (Å²) in [7, 11) is 0. The van der Waals surface area contributed by atoms with Gasteiger partial charge in [0.05, 0.1) is 12.0 Å². The van der Waals surface area contributed by atoms with Crippen molar-refractivity contribution in [3.8, 4) is 0 Å². The van der Waals surface area contributed by atoms with Gasteiger partial charge >= 0.3 is 5.97 Å². The molecule has 13 heavy (non-hydrogen) atoms. The summed E-state index contributed by atoms with van der Waals surface area (Å²) in [6, 6.07) is 0. The minimum atomic E-state index is -1.63. The van der Waals surface area contributed by atoms with Crippen LogP contribution < -0.4 is 0 Å². The van der Waals surface area contributed by atoms with Gasteiger partial charge in [0.2, 0.25) is 5.60 Å². The van der Waals surface area contributed by atoms with Gasteiger partial charge in [-0.3, -0.25) is 0 Å². The van der Waals surface area contributed by atoms with Crippen LogP contribution in [-0.2, 0) is 9.53 Å². The molecule has 1 spiro atoms. The van der Waals surface area contributed by atoms with Gasteiger partial charge < -0.3 is 20.1 Å². The third kappa shape index (κ3) is 0.580. The summed E-state index contributed by atoms with van der Waals surface area (Å²) in [5, 5.41) is 28.0. The van der Waals surface area contributed by atoms with E-state index in [9.17, 15) is 15.0 Å². The Bertz CT molecular complexity index is 286. The number of hydrogen-bond donors (Lipinski definition) is 3. The van der Waals surface area contributed by atoms with E-state index in [2.05, 4.69) is 0 Å². The zero-order chi connectivity index (χ0) is 10.1. The summed E-state index contributed by atoms with van der Waals surface area (Å²) in [6.07, 6.45) is -1.34. The standard InChI is InChI=1S/C8H12O5/c1-6(2)7(12,4(10)3-9)8(6)5(11)13-8/h4,9-10,12H,3H2,1-2H3/t4-,7+,8+/m1/s1. The van der Waals surface area contributed by atoms with E-state index in [1.54, 1.807) is 13.8 Å². The van der Waals surface area contributed by atoms with Crippen molar-refractivity contribution < 1.29 is 24.9 Å². The molecule has 1 aliphatic carbocycles. The number of carbonyl (C=O) groups excluding carboxylic acids is 1. The highest BCUT2D eigenvalue weighted by Gasteiger charge is 3.00. The molecule has 0 aromatic rings. The van der Waals surface area contributed by atoms with Gasteiger partial charge in [0.15, 0.2) is 5.60 Å². The van der Waals surface area contributed by atoms with Gasteiger partial charge in [0.1, 0.15) is 6.10 Å². The van der Waals surface area contributed by atoms with Crippen molar-refractivity contribution in [1.82, 2.24) is 0 Å². The number of ether oxygens (including phenoxy) is 1. The highest BCUT2D eigenvalue weighted by Crippen LogP contribution is 2.75. The van der Waals surface area contributed by atoms with Gasteiger partial charge in [-0.15, -0.1) is 0 Å². The molecule has 5 nitrogen and oxygen atoms in total. The third-order valence-corrected chi connectivity index (χ3v) is 3.45. The van der Waals surface area contributed by atoms with Crippen LogP contribution in [-0.4, -0.2) is 45.2 Å². The molecule has 3 atom stereocenters. The first kappa shape index (κ1) is 8.93. The molecule has 0 aromatic heterocycles. The Kier molecular flexibility index (Phi) is 1.30. The molecule has 3 N–H and O–H groups in total. The number of carbonyl (C=O) groups is 1. The fourth-order valence-electron chi connectivity index (χ4n) is 2.36. The number of aliphatic hydroxyl groups excluding tert-OH is 2. The molecule has 5 heteroatoms. The maximum atomic E-state index is 10.9. The van der Waals surface area contributed by atoms with Crippen LogP contribution in [0.25, 0.3) is 0 Å². The van der Waals surface area contributed by atoms with Crippen molar-refractivity contribution in [2.24, 2.45) is 5.41 Å². The molecule has 74 valence electrons. The monoisotopic (exact) mass is 188 g/mol. The van der Waals surface area contributed by atoms with E-state index >= 15 is 0 Å². The fourth-order valence-corrected chi connectivity index (χ4v) is 2.36. The van der Waals surface area contributed by atoms with Crippen molar-refractivity contribution in [2.45, 2.75) is 31.2 Å². The minimum Gasteiger partial charge on any atom is -0.440 e. The lowest BCUT2D eigenvalue weighted by Gasteiger charge is -2.16. The van der Waals surface area contributed by atoms with Crippen LogP contribution in [0.15, 0.2) is 0 Å². The zero-order valence-electron chi connectivity index (χ0n) is 7.44. The normalized spacial score (nSPS) is 47.3. The Hall–Kier alpha value is -0.650. The molecule has 1 saturated carbocycles. The highest BCUT2D eigenvalue weighted by molar-refractivity contribution is 6.02. The SMILES string of the molecule is CC1(C)[C@]2(OC2=O)[C@]1(O)[C@H](O)CO. The zero-order valence-corrected chi connectivity index (χ0v) is 7.44. The molecule has 2 aliphatic rings. The van der Waals surface area contributed by atoms with Crippen LogP contribution in [0.5, 0.6) is 0 Å². The van der Waals surface area contributed by atoms with Gasteiger partial charge in [-0.2, -0.15) is 0 Å². The number of hydrogen-bond acceptors (Lipinski definition) is 5. The maximum absolute atomic E-state index is 10.9. The lowest BCUT2D eigenvalue weighted by atomic mass is 10.0. The summed E-state index contributed by atoms with van der Waals surface area (Å²) >= 11 is 0. The van der Waals surface area contributed by atoms with E-state index in [-0.39, 0.29) is 0 Å². The second-order valence-electron chi connectivity index (χ2n) is 4.16. The predicted octanol–water partition coefficient (Wildman–Crippen LogP) is -1.59. The highest BCUT2D eigenvalue weighted by atomic mass is 16.7. The molecule has 0 radical (unpaired) electrons. The van der Waals surface area contributed by atoms with Crippen LogP contribution >= 0.6 is 0 Å². The van der Waals surface area contributed by atoms with Gasteiger partial charge in [-0.05, 0) is 0 Å². The minimum absolute atomic E-state index is 0.507. The van der Waals surface area contributed by atoms with Crippen molar-refractivity contribution in [3.63, 3.8) is 0 Å². The van der Waals surface area contributed by atoms with Gasteiger partial charge in [-0.1, -0.05) is 13.8 Å². The number of rotatable bonds is 2. The molecule has 1 saturated heterocycles. The molecule has 0 amide bonds. The number of epoxide rings is 1. The van der Waals surface area contributed by atoms with E-state index < -0.39 is 35.3 Å². The van der Waals surface area contributed by atoms with Gasteiger partial charge in [0, 0.05) is 0 Å². The maximum Gasteiger partial charge on any atom is 0.355 e. The first-order chi connectivity index (χ1) is 5.86. The Morgan fingerprint density at radius 2 is 2.00 bits per heavy atom. The summed E-state index contributed by atoms with van der Waals surface area (Å²) in [6.45, 7) is 2.66. The van der Waals surface area contributed by atoms with Crippen molar-refractivity contribution >= 4 is 5.97 Å². The molecule has 1 aliphatic heterocycles. The average Bonchev–Trinajstić information content (AvgIpc) is 2.83. The predicted molar refractivity (Wildman–Crippen MR) is 40.6 cm³/mol. The average molecular weight is 188 g/mol. The molecule has 2 fully saturated rings. The Morgan fingerprint density at radius 3 is 2.23 bits per heavy atom. The van der Waals surface area contributed by atoms with E-state index in [0.29, 0.717) is 0 Å². The first-order valence-electron chi connectivity index (χ1n) is 4.11. The van der Waals surface area contributed by atoms with E-state index in [0.717, 1.165) is 0 Å². The van der Waals surface area contributed by atoms with Crippen LogP contribution in [0, 0.1) is 5.41 Å². The second-order valence-corrected chi connectivity index (χ2v) is 4.16. The van der Waals surface area contributed by atoms with E-state index in [1.807, 2.05) is 0 Å². The van der Waals surface area contributed by atoms with Crippen LogP contribution in [0.1, 0.15) is 13.8 Å². The lowest BCUT2D eigenvalue weighted by molar-refractivity contribution is -0.117. The molecule has 1 heterocycles. The summed E-state index contributed by atoms with van der Waals surface area (Å²) < 4.78 is 4.71. The van der Waals surface area contributed by atoms with Crippen LogP contribution in [0.3, 0.4) is 0 Å². The molecule has 0 unspecified atom stereocenters. The third-order valence-electron chi connectivity index (χ3n) is 3.45. The molecule has 0 aromatic carbocycles. The molecular formula is C8H12O5. The van der Waals surface area contributed by atoms with Crippen molar-refractivity contribution in [2.75, 3.05) is 6.61 Å². The van der Waals surface area contributed by atoms with Crippen LogP contribution in [0.2, 0.25) is 0 Å². The number of aliphatic hydroxyl groups is 3. The van der Waals surface area contributed by atoms with Gasteiger partial charge in [0.25, 0.3) is 0 Å². The summed E-state index contributed by atoms with van der Waals surface area (Å²) in [5.41, 5.74) is -3.72. The lowest BCUT2D eigenvalue weighted by Crippen LogP contribution is -2.38. The molecular weight excluding hydrogens is 176 g/mol. The molecule has 2 rings (SSSR count). The second kappa shape index (κ2) is 1.89. The van der Waals surface area contributed by atoms with Gasteiger partial charge in [-0.25, -0.2) is 4.79 Å². The Balaban J connectivity index is 2.33. The van der Waals surface area contributed by atoms with Crippen LogP contribution in [0.4, 0.5) is 0 Å². The largest absolute Gasteiger partial charge is 0.440 e. The quantitative estimate of drug-likeness (QED) is 0.454. The Labute approximate surface area is 74.9 Å². The summed E-state index contributed by atoms with van der Waals surface area (Å²) in [4.78, 5) is 10.9. The molecule has 0 bridgehead atoms. The topological polar surface area (TPSA) is 90.3 Å². The smallest absolute Gasteiger partial charge is 0.355 e. The Morgan fingerprint density at radius 1 is 1.54 bits per heavy atom. The summed E-state index contributed by atoms with van der Waals surface area (Å²) in [5.74, 6) is -0.507. The van der Waals surface area contributed by atoms with Crippen molar-refractivity contribution in [1.29, 1.82) is 0 Å². The van der Waals surface area contributed by atoms with E-state index in [1.165, 1.54) is 0 Å². The fraction of sp³-hybridized carbons (Fsp3) is 0.875. The van der Waals surface area contributed by atoms with Crippen molar-refractivity contribution in [3.05, 3.63) is 0 Å². The van der Waals surface area contributed by atoms with E-state index in [4.69, 9.17) is 9.84 Å².